The second-order valence-corrected chi connectivity index (χ2v) is 6.91. The topological polar surface area (TPSA) is 61.4 Å². The molecule has 2 amide bonds. The largest absolute Gasteiger partial charge is 0.360 e. The molecule has 0 spiro atoms. The van der Waals surface area contributed by atoms with Crippen LogP contribution in [0.2, 0.25) is 0 Å². The molecule has 3 aromatic carbocycles. The van der Waals surface area contributed by atoms with Gasteiger partial charge in [-0.1, -0.05) is 42.0 Å². The molecule has 5 nitrogen and oxygen atoms in total. The Kier molecular flexibility index (Phi) is 4.57. The van der Waals surface area contributed by atoms with Gasteiger partial charge in [0, 0.05) is 24.0 Å². The minimum Gasteiger partial charge on any atom is -0.360 e. The lowest BCUT2D eigenvalue weighted by molar-refractivity contribution is -0.114. The average molecular weight is 371 g/mol. The van der Waals surface area contributed by atoms with Crippen molar-refractivity contribution in [3.63, 3.8) is 0 Å². The molecule has 0 fully saturated rings. The lowest BCUT2D eigenvalue weighted by Gasteiger charge is -2.38. The highest BCUT2D eigenvalue weighted by Gasteiger charge is 2.33. The Labute approximate surface area is 164 Å². The van der Waals surface area contributed by atoms with Crippen molar-refractivity contribution in [1.82, 2.24) is 0 Å². The summed E-state index contributed by atoms with van der Waals surface area (Å²) in [6.45, 7) is 3.50. The van der Waals surface area contributed by atoms with E-state index in [9.17, 15) is 9.59 Å². The summed E-state index contributed by atoms with van der Waals surface area (Å²) in [5.74, 6) is -0.164. The maximum Gasteiger partial charge on any atom is 0.262 e. The van der Waals surface area contributed by atoms with Crippen molar-refractivity contribution >= 4 is 28.9 Å². The van der Waals surface area contributed by atoms with Crippen molar-refractivity contribution in [3.05, 3.63) is 89.5 Å². The van der Waals surface area contributed by atoms with Gasteiger partial charge in [-0.3, -0.25) is 14.5 Å². The van der Waals surface area contributed by atoms with Crippen LogP contribution in [0.4, 0.5) is 17.1 Å². The van der Waals surface area contributed by atoms with E-state index in [0.717, 1.165) is 28.2 Å². The normalized spacial score (nSPS) is 15.6. The molecule has 0 saturated heterocycles. The summed E-state index contributed by atoms with van der Waals surface area (Å²) in [5, 5.41) is 6.25. The maximum absolute atomic E-state index is 13.3. The molecule has 28 heavy (non-hydrogen) atoms. The van der Waals surface area contributed by atoms with Crippen molar-refractivity contribution in [2.45, 2.75) is 20.0 Å². The highest BCUT2D eigenvalue weighted by molar-refractivity contribution is 6.12. The summed E-state index contributed by atoms with van der Waals surface area (Å²) in [5.41, 5.74) is 5.07. The van der Waals surface area contributed by atoms with E-state index in [0.29, 0.717) is 5.56 Å². The van der Waals surface area contributed by atoms with E-state index in [1.165, 1.54) is 6.92 Å². The molecule has 1 atom stereocenters. The van der Waals surface area contributed by atoms with E-state index in [4.69, 9.17) is 0 Å². The highest BCUT2D eigenvalue weighted by atomic mass is 16.2. The standard InChI is InChI=1S/C23H21N3O2/c1-15-7-13-19(14-8-15)26-22(17-9-11-18(12-10-17)24-16(2)27)25-21-6-4-3-5-20(21)23(26)28/h3-14,22,25H,1-2H3,(H,24,27). The summed E-state index contributed by atoms with van der Waals surface area (Å²) < 4.78 is 0. The zero-order valence-electron chi connectivity index (χ0n) is 15.8. The molecule has 0 saturated carbocycles. The second kappa shape index (κ2) is 7.19. The van der Waals surface area contributed by atoms with Crippen LogP contribution in [0.15, 0.2) is 72.8 Å². The summed E-state index contributed by atoms with van der Waals surface area (Å²) in [6.07, 6.45) is -0.350. The smallest absolute Gasteiger partial charge is 0.262 e. The van der Waals surface area contributed by atoms with Crippen LogP contribution in [-0.4, -0.2) is 11.8 Å². The molecular weight excluding hydrogens is 350 g/mol. The van der Waals surface area contributed by atoms with Crippen LogP contribution in [-0.2, 0) is 4.79 Å². The summed E-state index contributed by atoms with van der Waals surface area (Å²) in [4.78, 5) is 26.4. The predicted molar refractivity (Wildman–Crippen MR) is 112 cm³/mol. The van der Waals surface area contributed by atoms with E-state index in [-0.39, 0.29) is 18.0 Å². The van der Waals surface area contributed by atoms with Gasteiger partial charge in [0.2, 0.25) is 5.91 Å². The van der Waals surface area contributed by atoms with Crippen molar-refractivity contribution in [2.24, 2.45) is 0 Å². The van der Waals surface area contributed by atoms with Gasteiger partial charge in [-0.25, -0.2) is 0 Å². The first-order valence-corrected chi connectivity index (χ1v) is 9.16. The Morgan fingerprint density at radius 3 is 2.32 bits per heavy atom. The molecule has 140 valence electrons. The molecule has 2 N–H and O–H groups in total. The number of aryl methyl sites for hydroxylation is 1. The first kappa shape index (κ1) is 17.8. The van der Waals surface area contributed by atoms with E-state index < -0.39 is 0 Å². The fourth-order valence-electron chi connectivity index (χ4n) is 3.41. The minimum absolute atomic E-state index is 0.0471. The molecule has 5 heteroatoms. The van der Waals surface area contributed by atoms with Crippen LogP contribution in [0, 0.1) is 6.92 Å². The maximum atomic E-state index is 13.3. The SMILES string of the molecule is CC(=O)Nc1ccc(C2Nc3ccccc3C(=O)N2c2ccc(C)cc2)cc1. The third-order valence-electron chi connectivity index (χ3n) is 4.79. The van der Waals surface area contributed by atoms with Gasteiger partial charge in [-0.05, 0) is 48.9 Å². The number of hydrogen-bond donors (Lipinski definition) is 2. The van der Waals surface area contributed by atoms with Gasteiger partial charge >= 0.3 is 0 Å². The Balaban J connectivity index is 1.77. The number of carbonyl (C=O) groups excluding carboxylic acids is 2. The lowest BCUT2D eigenvalue weighted by Crippen LogP contribution is -2.43. The number of rotatable bonds is 3. The van der Waals surface area contributed by atoms with Crippen molar-refractivity contribution < 1.29 is 9.59 Å². The third kappa shape index (κ3) is 3.34. The van der Waals surface area contributed by atoms with Crippen molar-refractivity contribution in [3.8, 4) is 0 Å². The summed E-state index contributed by atoms with van der Waals surface area (Å²) >= 11 is 0. The molecule has 4 rings (SSSR count). The number of hydrogen-bond acceptors (Lipinski definition) is 3. The number of para-hydroxylation sites is 1. The number of carbonyl (C=O) groups is 2. The van der Waals surface area contributed by atoms with E-state index in [1.807, 2.05) is 79.7 Å². The van der Waals surface area contributed by atoms with E-state index in [1.54, 1.807) is 4.90 Å². The second-order valence-electron chi connectivity index (χ2n) is 6.91. The van der Waals surface area contributed by atoms with Crippen LogP contribution in [0.1, 0.15) is 34.6 Å². The van der Waals surface area contributed by atoms with Crippen molar-refractivity contribution in [2.75, 3.05) is 15.5 Å². The number of anilines is 3. The molecule has 3 aromatic rings. The predicted octanol–water partition coefficient (Wildman–Crippen LogP) is 4.72. The number of amides is 2. The van der Waals surface area contributed by atoms with Gasteiger partial charge in [0.15, 0.2) is 0 Å². The number of nitrogens with zero attached hydrogens (tertiary/aromatic N) is 1. The highest BCUT2D eigenvalue weighted by Crippen LogP contribution is 2.36. The Bertz CT molecular complexity index is 1030. The van der Waals surface area contributed by atoms with Crippen LogP contribution < -0.4 is 15.5 Å². The summed E-state index contributed by atoms with van der Waals surface area (Å²) in [7, 11) is 0. The molecule has 1 aliphatic rings. The third-order valence-corrected chi connectivity index (χ3v) is 4.79. The Hall–Kier alpha value is -3.60. The monoisotopic (exact) mass is 371 g/mol. The first-order chi connectivity index (χ1) is 13.5. The molecule has 1 unspecified atom stereocenters. The fourth-order valence-corrected chi connectivity index (χ4v) is 3.41. The van der Waals surface area contributed by atoms with Gasteiger partial charge in [0.1, 0.15) is 6.17 Å². The van der Waals surface area contributed by atoms with E-state index in [2.05, 4.69) is 10.6 Å². The molecule has 1 heterocycles. The zero-order valence-corrected chi connectivity index (χ0v) is 15.8. The molecule has 0 bridgehead atoms. The number of fused-ring (bicyclic) bond motifs is 1. The van der Waals surface area contributed by atoms with Gasteiger partial charge in [-0.2, -0.15) is 0 Å². The average Bonchev–Trinajstić information content (AvgIpc) is 2.69. The molecule has 0 radical (unpaired) electrons. The van der Waals surface area contributed by atoms with Gasteiger partial charge in [-0.15, -0.1) is 0 Å². The van der Waals surface area contributed by atoms with Crippen LogP contribution in [0.3, 0.4) is 0 Å². The first-order valence-electron chi connectivity index (χ1n) is 9.16. The van der Waals surface area contributed by atoms with Crippen LogP contribution >= 0.6 is 0 Å². The van der Waals surface area contributed by atoms with Gasteiger partial charge in [0.05, 0.1) is 5.56 Å². The van der Waals surface area contributed by atoms with Crippen LogP contribution in [0.25, 0.3) is 0 Å². The fraction of sp³-hybridized carbons (Fsp3) is 0.130. The van der Waals surface area contributed by atoms with Crippen molar-refractivity contribution in [1.29, 1.82) is 0 Å². The lowest BCUT2D eigenvalue weighted by atomic mass is 10.0. The van der Waals surface area contributed by atoms with Gasteiger partial charge < -0.3 is 10.6 Å². The Morgan fingerprint density at radius 2 is 1.64 bits per heavy atom. The van der Waals surface area contributed by atoms with Gasteiger partial charge in [0.25, 0.3) is 5.91 Å². The van der Waals surface area contributed by atoms with Crippen LogP contribution in [0.5, 0.6) is 0 Å². The minimum atomic E-state index is -0.350. The number of benzene rings is 3. The molecule has 1 aliphatic heterocycles. The molecular formula is C23H21N3O2. The molecule has 0 aromatic heterocycles. The molecule has 0 aliphatic carbocycles. The zero-order chi connectivity index (χ0) is 19.7. The van der Waals surface area contributed by atoms with E-state index >= 15 is 0 Å². The summed E-state index contributed by atoms with van der Waals surface area (Å²) in [6, 6.07) is 23.0. The number of nitrogens with one attached hydrogen (secondary N) is 2. The Morgan fingerprint density at radius 1 is 0.964 bits per heavy atom. The quantitative estimate of drug-likeness (QED) is 0.700.